The lowest BCUT2D eigenvalue weighted by Crippen LogP contribution is -2.45. The van der Waals surface area contributed by atoms with Gasteiger partial charge in [-0.05, 0) is 44.9 Å². The summed E-state index contributed by atoms with van der Waals surface area (Å²) in [5.41, 5.74) is 2.50. The maximum Gasteiger partial charge on any atom is 0.237 e. The normalized spacial score (nSPS) is 21.7. The molecule has 0 N–H and O–H groups in total. The molecule has 150 valence electrons. The van der Waals surface area contributed by atoms with E-state index in [0.717, 1.165) is 13.1 Å². The van der Waals surface area contributed by atoms with Crippen molar-refractivity contribution in [1.29, 1.82) is 0 Å². The summed E-state index contributed by atoms with van der Waals surface area (Å²) in [6.45, 7) is 5.68. The Labute approximate surface area is 163 Å². The Morgan fingerprint density at radius 1 is 1.22 bits per heavy atom. The molecule has 1 amide bonds. The quantitative estimate of drug-likeness (QED) is 0.706. The van der Waals surface area contributed by atoms with Gasteiger partial charge in [0.15, 0.2) is 9.84 Å². The molecule has 2 aliphatic heterocycles. The maximum absolute atomic E-state index is 12.8. The lowest BCUT2D eigenvalue weighted by Gasteiger charge is -2.29. The van der Waals surface area contributed by atoms with Gasteiger partial charge in [0.1, 0.15) is 0 Å². The largest absolute Gasteiger partial charge is 0.371 e. The Morgan fingerprint density at radius 3 is 2.56 bits per heavy atom. The van der Waals surface area contributed by atoms with Gasteiger partial charge in [0.2, 0.25) is 5.91 Å². The molecule has 0 bridgehead atoms. The summed E-state index contributed by atoms with van der Waals surface area (Å²) in [6, 6.07) is 8.25. The summed E-state index contributed by atoms with van der Waals surface area (Å²) in [6.07, 6.45) is 3.03. The highest BCUT2D eigenvalue weighted by molar-refractivity contribution is 7.91. The summed E-state index contributed by atoms with van der Waals surface area (Å²) in [7, 11) is -1.03. The van der Waals surface area contributed by atoms with Gasteiger partial charge in [0.25, 0.3) is 0 Å². The van der Waals surface area contributed by atoms with E-state index >= 15 is 0 Å². The molecule has 7 heteroatoms. The lowest BCUT2D eigenvalue weighted by molar-refractivity contribution is -0.133. The molecule has 2 aliphatic rings. The number of sulfone groups is 1. The molecule has 0 radical (unpaired) electrons. The van der Waals surface area contributed by atoms with Crippen LogP contribution in [0, 0.1) is 0 Å². The van der Waals surface area contributed by atoms with Crippen LogP contribution >= 0.6 is 0 Å². The molecule has 3 rings (SSSR count). The molecule has 2 fully saturated rings. The number of para-hydroxylation sites is 1. The van der Waals surface area contributed by atoms with Gasteiger partial charge in [-0.3, -0.25) is 9.69 Å². The van der Waals surface area contributed by atoms with E-state index < -0.39 is 9.84 Å². The van der Waals surface area contributed by atoms with Gasteiger partial charge in [-0.1, -0.05) is 18.2 Å². The molecule has 1 atom stereocenters. The van der Waals surface area contributed by atoms with Crippen molar-refractivity contribution in [2.75, 3.05) is 49.6 Å². The zero-order valence-corrected chi connectivity index (χ0v) is 17.2. The van der Waals surface area contributed by atoms with Gasteiger partial charge in [0.05, 0.1) is 18.1 Å². The summed E-state index contributed by atoms with van der Waals surface area (Å²) in [4.78, 5) is 19.0. The van der Waals surface area contributed by atoms with Crippen LogP contribution in [0.1, 0.15) is 31.7 Å². The number of likely N-dealkylation sites (N-methyl/N-ethyl adjacent to an activating group) is 2. The van der Waals surface area contributed by atoms with Crippen LogP contribution in [0.15, 0.2) is 24.3 Å². The van der Waals surface area contributed by atoms with E-state index in [1.807, 2.05) is 24.9 Å². The highest BCUT2D eigenvalue weighted by Gasteiger charge is 2.34. The number of amides is 1. The van der Waals surface area contributed by atoms with Crippen LogP contribution < -0.4 is 4.90 Å². The lowest BCUT2D eigenvalue weighted by atomic mass is 10.1. The van der Waals surface area contributed by atoms with Gasteiger partial charge in [-0.2, -0.15) is 0 Å². The summed E-state index contributed by atoms with van der Waals surface area (Å²) in [5, 5.41) is 0. The van der Waals surface area contributed by atoms with Crippen LogP contribution in [0.5, 0.6) is 0 Å². The summed E-state index contributed by atoms with van der Waals surface area (Å²) >= 11 is 0. The number of hydrogen-bond acceptors (Lipinski definition) is 5. The SMILES string of the molecule is CCN(C(=O)CN(C)Cc1ccccc1N1CCCC1)[C@@H]1CCS(=O)(=O)C1. The Bertz CT molecular complexity index is 759. The highest BCUT2D eigenvalue weighted by atomic mass is 32.2. The van der Waals surface area contributed by atoms with E-state index in [1.54, 1.807) is 4.90 Å². The van der Waals surface area contributed by atoms with Crippen LogP contribution in [0.25, 0.3) is 0 Å². The zero-order chi connectivity index (χ0) is 19.4. The minimum absolute atomic E-state index is 0.0146. The molecule has 2 saturated heterocycles. The van der Waals surface area contributed by atoms with Crippen molar-refractivity contribution < 1.29 is 13.2 Å². The van der Waals surface area contributed by atoms with E-state index in [4.69, 9.17) is 0 Å². The average molecular weight is 394 g/mol. The molecule has 27 heavy (non-hydrogen) atoms. The van der Waals surface area contributed by atoms with Crippen molar-refractivity contribution in [3.63, 3.8) is 0 Å². The third-order valence-electron chi connectivity index (χ3n) is 5.59. The molecule has 6 nitrogen and oxygen atoms in total. The first kappa shape index (κ1) is 20.1. The van der Waals surface area contributed by atoms with Gasteiger partial charge < -0.3 is 9.80 Å². The molecular formula is C20H31N3O3S. The van der Waals surface area contributed by atoms with Crippen LogP contribution in [-0.4, -0.2) is 74.9 Å². The van der Waals surface area contributed by atoms with Crippen molar-refractivity contribution in [2.24, 2.45) is 0 Å². The van der Waals surface area contributed by atoms with E-state index in [9.17, 15) is 13.2 Å². The number of benzene rings is 1. The molecule has 2 heterocycles. The first-order valence-corrected chi connectivity index (χ1v) is 11.7. The molecule has 1 aromatic carbocycles. The zero-order valence-electron chi connectivity index (χ0n) is 16.4. The number of carbonyl (C=O) groups is 1. The predicted molar refractivity (Wildman–Crippen MR) is 109 cm³/mol. The first-order valence-electron chi connectivity index (χ1n) is 9.91. The highest BCUT2D eigenvalue weighted by Crippen LogP contribution is 2.25. The van der Waals surface area contributed by atoms with Crippen molar-refractivity contribution in [2.45, 2.75) is 38.8 Å². The molecule has 0 aliphatic carbocycles. The van der Waals surface area contributed by atoms with Gasteiger partial charge in [0, 0.05) is 37.9 Å². The van der Waals surface area contributed by atoms with E-state index in [-0.39, 0.29) is 23.5 Å². The van der Waals surface area contributed by atoms with E-state index in [0.29, 0.717) is 26.1 Å². The summed E-state index contributed by atoms with van der Waals surface area (Å²) < 4.78 is 23.5. The van der Waals surface area contributed by atoms with E-state index in [2.05, 4.69) is 23.1 Å². The van der Waals surface area contributed by atoms with Crippen LogP contribution in [0.3, 0.4) is 0 Å². The minimum atomic E-state index is -2.99. The third kappa shape index (κ3) is 5.02. The van der Waals surface area contributed by atoms with Gasteiger partial charge >= 0.3 is 0 Å². The number of rotatable bonds is 7. The topological polar surface area (TPSA) is 60.9 Å². The number of hydrogen-bond donors (Lipinski definition) is 0. The van der Waals surface area contributed by atoms with Crippen molar-refractivity contribution in [3.8, 4) is 0 Å². The summed E-state index contributed by atoms with van der Waals surface area (Å²) in [5.74, 6) is 0.315. The minimum Gasteiger partial charge on any atom is -0.371 e. The fourth-order valence-electron chi connectivity index (χ4n) is 4.24. The van der Waals surface area contributed by atoms with Crippen LogP contribution in [-0.2, 0) is 21.2 Å². The Morgan fingerprint density at radius 2 is 1.93 bits per heavy atom. The van der Waals surface area contributed by atoms with Gasteiger partial charge in [-0.25, -0.2) is 8.42 Å². The number of carbonyl (C=O) groups excluding carboxylic acids is 1. The van der Waals surface area contributed by atoms with Crippen molar-refractivity contribution >= 4 is 21.4 Å². The van der Waals surface area contributed by atoms with Crippen molar-refractivity contribution in [3.05, 3.63) is 29.8 Å². The molecule has 0 unspecified atom stereocenters. The maximum atomic E-state index is 12.8. The fraction of sp³-hybridized carbons (Fsp3) is 0.650. The Balaban J connectivity index is 1.62. The van der Waals surface area contributed by atoms with Gasteiger partial charge in [-0.15, -0.1) is 0 Å². The number of nitrogens with zero attached hydrogens (tertiary/aromatic N) is 3. The second-order valence-corrected chi connectivity index (χ2v) is 9.96. The average Bonchev–Trinajstić information content (AvgIpc) is 3.26. The third-order valence-corrected chi connectivity index (χ3v) is 7.34. The monoisotopic (exact) mass is 393 g/mol. The molecular weight excluding hydrogens is 362 g/mol. The Kier molecular flexibility index (Phi) is 6.42. The second kappa shape index (κ2) is 8.61. The molecule has 0 spiro atoms. The van der Waals surface area contributed by atoms with Crippen LogP contribution in [0.4, 0.5) is 5.69 Å². The molecule has 1 aromatic rings. The standard InChI is InChI=1S/C20H31N3O3S/c1-3-23(18-10-13-27(25,26)16-18)20(24)15-21(2)14-17-8-4-5-9-19(17)22-11-6-7-12-22/h4-5,8-9,18H,3,6-7,10-16H2,1-2H3/t18-/m1/s1. The molecule has 0 aromatic heterocycles. The Hall–Kier alpha value is -1.60. The second-order valence-electron chi connectivity index (χ2n) is 7.73. The first-order chi connectivity index (χ1) is 12.9. The van der Waals surface area contributed by atoms with Crippen molar-refractivity contribution in [1.82, 2.24) is 9.80 Å². The van der Waals surface area contributed by atoms with Crippen LogP contribution in [0.2, 0.25) is 0 Å². The fourth-order valence-corrected chi connectivity index (χ4v) is 5.97. The predicted octanol–water partition coefficient (Wildman–Crippen LogP) is 1.75. The smallest absolute Gasteiger partial charge is 0.237 e. The van der Waals surface area contributed by atoms with E-state index in [1.165, 1.54) is 24.1 Å². The number of anilines is 1. The molecule has 0 saturated carbocycles.